The summed E-state index contributed by atoms with van der Waals surface area (Å²) in [6.07, 6.45) is 1.63. The Morgan fingerprint density at radius 1 is 1.22 bits per heavy atom. The topological polar surface area (TPSA) is 90.9 Å². The fourth-order valence-electron chi connectivity index (χ4n) is 3.35. The van der Waals surface area contributed by atoms with E-state index in [0.717, 1.165) is 24.1 Å². The van der Waals surface area contributed by atoms with Crippen molar-refractivity contribution in [2.75, 3.05) is 19.0 Å². The second-order valence-corrected chi connectivity index (χ2v) is 6.61. The number of carboxylic acids is 1. The molecule has 140 valence electrons. The van der Waals surface area contributed by atoms with E-state index < -0.39 is 12.6 Å². The van der Waals surface area contributed by atoms with Crippen LogP contribution in [0.4, 0.5) is 5.69 Å². The number of carbonyl (C=O) groups excluding carboxylic acids is 2. The highest BCUT2D eigenvalue weighted by Gasteiger charge is 2.42. The number of carboxylic acid groups (broad SMARTS) is 1. The first-order valence-corrected chi connectivity index (χ1v) is 8.77. The second kappa shape index (κ2) is 6.83. The zero-order chi connectivity index (χ0) is 19.0. The van der Waals surface area contributed by atoms with Gasteiger partial charge in [0.25, 0.3) is 5.91 Å². The minimum atomic E-state index is -1.31. The molecule has 0 radical (unpaired) electrons. The molecule has 1 fully saturated rings. The number of benzene rings is 2. The average molecular weight is 367 g/mol. The molecule has 0 saturated heterocycles. The van der Waals surface area contributed by atoms with Crippen molar-refractivity contribution in [1.29, 1.82) is 0 Å². The number of amides is 1. The summed E-state index contributed by atoms with van der Waals surface area (Å²) in [5.41, 5.74) is 2.30. The smallest absolute Gasteiger partial charge is 0.258 e. The standard InChI is InChI=1S/C20H20N2O5/c1-26-17-10-12(6-9-16(17)27-11-18(23)24)19-21-15-5-3-2-4-14(15)20(25)22(19)13-7-8-13/h2-6,9-10,13,19,21H,7-8,11H2,1H3,(H,23,24)/p-1/t19-/m0/s1. The van der Waals surface area contributed by atoms with Crippen molar-refractivity contribution in [2.24, 2.45) is 0 Å². The van der Waals surface area contributed by atoms with Crippen LogP contribution in [-0.4, -0.2) is 36.5 Å². The van der Waals surface area contributed by atoms with Gasteiger partial charge in [0.2, 0.25) is 0 Å². The molecule has 0 aromatic heterocycles. The number of hydrogen-bond acceptors (Lipinski definition) is 6. The van der Waals surface area contributed by atoms with E-state index >= 15 is 0 Å². The molecule has 27 heavy (non-hydrogen) atoms. The fraction of sp³-hybridized carbons (Fsp3) is 0.300. The molecular formula is C20H19N2O5-. The highest BCUT2D eigenvalue weighted by atomic mass is 16.5. The van der Waals surface area contributed by atoms with Crippen molar-refractivity contribution in [3.63, 3.8) is 0 Å². The highest BCUT2D eigenvalue weighted by molar-refractivity contribution is 6.02. The third-order valence-corrected chi connectivity index (χ3v) is 4.75. The van der Waals surface area contributed by atoms with Crippen LogP contribution in [0.5, 0.6) is 11.5 Å². The third kappa shape index (κ3) is 3.28. The fourth-order valence-corrected chi connectivity index (χ4v) is 3.35. The number of fused-ring (bicyclic) bond motifs is 1. The van der Waals surface area contributed by atoms with Crippen molar-refractivity contribution in [3.05, 3.63) is 53.6 Å². The van der Waals surface area contributed by atoms with Crippen LogP contribution in [0.15, 0.2) is 42.5 Å². The number of para-hydroxylation sites is 1. The Hall–Kier alpha value is -3.22. The summed E-state index contributed by atoms with van der Waals surface area (Å²) in [6, 6.07) is 12.9. The molecule has 7 heteroatoms. The predicted molar refractivity (Wildman–Crippen MR) is 95.5 cm³/mol. The Morgan fingerprint density at radius 2 is 2.00 bits per heavy atom. The molecule has 1 amide bonds. The number of anilines is 1. The van der Waals surface area contributed by atoms with E-state index in [0.29, 0.717) is 17.1 Å². The van der Waals surface area contributed by atoms with Gasteiger partial charge in [-0.1, -0.05) is 18.2 Å². The van der Waals surface area contributed by atoms with E-state index in [4.69, 9.17) is 9.47 Å². The summed E-state index contributed by atoms with van der Waals surface area (Å²) in [7, 11) is 1.48. The number of nitrogens with one attached hydrogen (secondary N) is 1. The monoisotopic (exact) mass is 367 g/mol. The minimum absolute atomic E-state index is 0.00750. The predicted octanol–water partition coefficient (Wildman–Crippen LogP) is 1.55. The van der Waals surface area contributed by atoms with E-state index in [1.54, 1.807) is 18.2 Å². The van der Waals surface area contributed by atoms with Crippen molar-refractivity contribution in [2.45, 2.75) is 25.0 Å². The van der Waals surface area contributed by atoms with E-state index in [-0.39, 0.29) is 18.1 Å². The first kappa shape index (κ1) is 17.2. The van der Waals surface area contributed by atoms with E-state index in [1.165, 1.54) is 7.11 Å². The number of hydrogen-bond donors (Lipinski definition) is 1. The van der Waals surface area contributed by atoms with E-state index in [1.807, 2.05) is 29.2 Å². The first-order valence-electron chi connectivity index (χ1n) is 8.77. The van der Waals surface area contributed by atoms with Crippen molar-refractivity contribution >= 4 is 17.6 Å². The molecular weight excluding hydrogens is 348 g/mol. The van der Waals surface area contributed by atoms with Gasteiger partial charge in [-0.15, -0.1) is 0 Å². The quantitative estimate of drug-likeness (QED) is 0.833. The summed E-state index contributed by atoms with van der Waals surface area (Å²) in [4.78, 5) is 25.5. The number of methoxy groups -OCH3 is 1. The summed E-state index contributed by atoms with van der Waals surface area (Å²) in [5, 5.41) is 14.1. The maximum atomic E-state index is 13.0. The molecule has 1 N–H and O–H groups in total. The normalized spacial score (nSPS) is 18.5. The minimum Gasteiger partial charge on any atom is -0.546 e. The van der Waals surface area contributed by atoms with Gasteiger partial charge in [0, 0.05) is 11.7 Å². The number of rotatable bonds is 6. The van der Waals surface area contributed by atoms with Gasteiger partial charge in [0.15, 0.2) is 11.5 Å². The van der Waals surface area contributed by atoms with Crippen molar-refractivity contribution in [1.82, 2.24) is 4.90 Å². The lowest BCUT2D eigenvalue weighted by Crippen LogP contribution is -2.44. The van der Waals surface area contributed by atoms with Crippen molar-refractivity contribution in [3.8, 4) is 11.5 Å². The summed E-state index contributed by atoms with van der Waals surface area (Å²) in [5.74, 6) is -0.589. The SMILES string of the molecule is COc1cc([C@H]2Nc3ccccc3C(=O)N2C2CC2)ccc1OCC(=O)[O-]. The molecule has 0 unspecified atom stereocenters. The molecule has 7 nitrogen and oxygen atoms in total. The van der Waals surface area contributed by atoms with Crippen LogP contribution < -0.4 is 19.9 Å². The Balaban J connectivity index is 1.69. The molecule has 2 aliphatic rings. The Labute approximate surface area is 156 Å². The molecule has 4 rings (SSSR count). The van der Waals surface area contributed by atoms with Gasteiger partial charge in [-0.2, -0.15) is 0 Å². The molecule has 1 aliphatic carbocycles. The highest BCUT2D eigenvalue weighted by Crippen LogP contribution is 2.42. The largest absolute Gasteiger partial charge is 0.546 e. The second-order valence-electron chi connectivity index (χ2n) is 6.61. The lowest BCUT2D eigenvalue weighted by atomic mass is 10.0. The first-order chi connectivity index (χ1) is 13.1. The molecule has 1 saturated carbocycles. The number of carbonyl (C=O) groups is 2. The van der Waals surface area contributed by atoms with Crippen molar-refractivity contribution < 1.29 is 24.2 Å². The van der Waals surface area contributed by atoms with Gasteiger partial charge >= 0.3 is 0 Å². The molecule has 0 spiro atoms. The van der Waals surface area contributed by atoms with Gasteiger partial charge in [-0.3, -0.25) is 4.79 Å². The number of ether oxygens (including phenoxy) is 2. The summed E-state index contributed by atoms with van der Waals surface area (Å²) in [6.45, 7) is -0.558. The lowest BCUT2D eigenvalue weighted by molar-refractivity contribution is -0.307. The number of aliphatic carboxylic acids is 1. The number of nitrogens with zero attached hydrogens (tertiary/aromatic N) is 1. The van der Waals surface area contributed by atoms with E-state index in [9.17, 15) is 14.7 Å². The van der Waals surface area contributed by atoms with Crippen LogP contribution in [0.2, 0.25) is 0 Å². The molecule has 1 atom stereocenters. The van der Waals surface area contributed by atoms with Crippen LogP contribution >= 0.6 is 0 Å². The van der Waals surface area contributed by atoms with Crippen LogP contribution in [0.3, 0.4) is 0 Å². The van der Waals surface area contributed by atoms with E-state index in [2.05, 4.69) is 5.32 Å². The third-order valence-electron chi connectivity index (χ3n) is 4.75. The lowest BCUT2D eigenvalue weighted by Gasteiger charge is -2.38. The van der Waals surface area contributed by atoms with Crippen LogP contribution in [0, 0.1) is 0 Å². The van der Waals surface area contributed by atoms with Gasteiger partial charge in [0.05, 0.1) is 18.6 Å². The zero-order valence-corrected chi connectivity index (χ0v) is 14.8. The van der Waals surface area contributed by atoms with Gasteiger partial charge < -0.3 is 29.6 Å². The molecule has 2 aromatic rings. The van der Waals surface area contributed by atoms with Gasteiger partial charge in [-0.25, -0.2) is 0 Å². The maximum absolute atomic E-state index is 13.0. The average Bonchev–Trinajstić information content (AvgIpc) is 3.51. The Bertz CT molecular complexity index is 894. The molecule has 0 bridgehead atoms. The Morgan fingerprint density at radius 3 is 2.70 bits per heavy atom. The summed E-state index contributed by atoms with van der Waals surface area (Å²) < 4.78 is 10.6. The molecule has 1 aliphatic heterocycles. The Kier molecular flexibility index (Phi) is 4.35. The molecule has 1 heterocycles. The zero-order valence-electron chi connectivity index (χ0n) is 14.8. The van der Waals surface area contributed by atoms with Crippen LogP contribution in [0.25, 0.3) is 0 Å². The van der Waals surface area contributed by atoms with Gasteiger partial charge in [-0.05, 0) is 42.7 Å². The maximum Gasteiger partial charge on any atom is 0.258 e. The van der Waals surface area contributed by atoms with Gasteiger partial charge in [0.1, 0.15) is 12.8 Å². The van der Waals surface area contributed by atoms with Crippen LogP contribution in [-0.2, 0) is 4.79 Å². The van der Waals surface area contributed by atoms with Crippen LogP contribution in [0.1, 0.15) is 34.9 Å². The molecule has 2 aromatic carbocycles. The summed E-state index contributed by atoms with van der Waals surface area (Å²) >= 11 is 0.